The lowest BCUT2D eigenvalue weighted by Crippen LogP contribution is -2.24. The fraction of sp³-hybridized carbons (Fsp3) is 0.429. The quantitative estimate of drug-likeness (QED) is 0.657. The van der Waals surface area contributed by atoms with Crippen molar-refractivity contribution in [1.82, 2.24) is 20.4 Å². The Morgan fingerprint density at radius 2 is 2.10 bits per heavy atom. The van der Waals surface area contributed by atoms with Crippen molar-refractivity contribution in [3.05, 3.63) is 41.3 Å². The summed E-state index contributed by atoms with van der Waals surface area (Å²) in [5, 5.41) is 7.86. The number of amides is 1. The number of aryl methyl sites for hydroxylation is 2. The molecule has 29 heavy (non-hydrogen) atoms. The second-order valence-corrected chi connectivity index (χ2v) is 7.23. The van der Waals surface area contributed by atoms with Gasteiger partial charge in [-0.25, -0.2) is 4.98 Å². The third-order valence-electron chi connectivity index (χ3n) is 5.14. The highest BCUT2D eigenvalue weighted by molar-refractivity contribution is 5.88. The van der Waals surface area contributed by atoms with Gasteiger partial charge in [-0.15, -0.1) is 0 Å². The van der Waals surface area contributed by atoms with Gasteiger partial charge in [0.05, 0.1) is 12.8 Å². The van der Waals surface area contributed by atoms with Crippen molar-refractivity contribution in [1.29, 1.82) is 0 Å². The first-order valence-electron chi connectivity index (χ1n) is 9.91. The summed E-state index contributed by atoms with van der Waals surface area (Å²) in [7, 11) is 1.63. The van der Waals surface area contributed by atoms with Crippen LogP contribution in [0.4, 0.5) is 5.82 Å². The van der Waals surface area contributed by atoms with Crippen LogP contribution < -0.4 is 15.0 Å². The maximum Gasteiger partial charge on any atom is 0.263 e. The minimum absolute atomic E-state index is 0.0482. The average Bonchev–Trinajstić information content (AvgIpc) is 3.41. The van der Waals surface area contributed by atoms with Gasteiger partial charge in [0.1, 0.15) is 22.8 Å². The van der Waals surface area contributed by atoms with Crippen LogP contribution in [0.3, 0.4) is 0 Å². The van der Waals surface area contributed by atoms with Crippen LogP contribution >= 0.6 is 0 Å². The van der Waals surface area contributed by atoms with E-state index in [1.807, 2.05) is 31.2 Å². The molecule has 1 amide bonds. The van der Waals surface area contributed by atoms with Crippen LogP contribution in [0.5, 0.6) is 5.75 Å². The molecule has 8 heteroatoms. The van der Waals surface area contributed by atoms with E-state index in [1.165, 1.54) is 0 Å². The Hall–Kier alpha value is -3.16. The van der Waals surface area contributed by atoms with Gasteiger partial charge in [0.25, 0.3) is 5.71 Å². The molecule has 1 N–H and O–H groups in total. The molecule has 1 aliphatic heterocycles. The Bertz CT molecular complexity index is 1010. The van der Waals surface area contributed by atoms with Gasteiger partial charge in [-0.2, -0.15) is 4.98 Å². The lowest BCUT2D eigenvalue weighted by molar-refractivity contribution is -0.121. The van der Waals surface area contributed by atoms with E-state index in [9.17, 15) is 4.79 Å². The van der Waals surface area contributed by atoms with E-state index < -0.39 is 0 Å². The molecular formula is C21H25N5O3. The molecule has 1 aliphatic rings. The van der Waals surface area contributed by atoms with Crippen LogP contribution in [0, 0.1) is 6.92 Å². The number of nitrogens with zero attached hydrogens (tertiary/aromatic N) is 4. The summed E-state index contributed by atoms with van der Waals surface area (Å²) in [6.45, 7) is 4.30. The van der Waals surface area contributed by atoms with Crippen LogP contribution in [0.25, 0.3) is 11.1 Å². The van der Waals surface area contributed by atoms with Gasteiger partial charge in [0, 0.05) is 32.5 Å². The van der Waals surface area contributed by atoms with E-state index >= 15 is 0 Å². The van der Waals surface area contributed by atoms with E-state index in [4.69, 9.17) is 14.2 Å². The van der Waals surface area contributed by atoms with Gasteiger partial charge in [-0.1, -0.05) is 17.3 Å². The number of ether oxygens (including phenoxy) is 1. The Balaban J connectivity index is 1.41. The molecule has 2 aromatic heterocycles. The number of anilines is 1. The molecule has 3 aromatic rings. The summed E-state index contributed by atoms with van der Waals surface area (Å²) in [6.07, 6.45) is 3.05. The summed E-state index contributed by atoms with van der Waals surface area (Å²) < 4.78 is 10.6. The van der Waals surface area contributed by atoms with E-state index in [-0.39, 0.29) is 5.91 Å². The van der Waals surface area contributed by atoms with Gasteiger partial charge in [0.2, 0.25) is 5.91 Å². The molecule has 0 saturated carbocycles. The number of carbonyl (C=O) groups excluding carboxylic acids is 1. The lowest BCUT2D eigenvalue weighted by Gasteiger charge is -2.17. The molecule has 0 bridgehead atoms. The van der Waals surface area contributed by atoms with Crippen LogP contribution in [0.15, 0.2) is 28.8 Å². The van der Waals surface area contributed by atoms with Gasteiger partial charge in [-0.3, -0.25) is 4.79 Å². The van der Waals surface area contributed by atoms with E-state index in [1.54, 1.807) is 7.11 Å². The number of fused-ring (bicyclic) bond motifs is 1. The number of rotatable bonds is 7. The molecule has 4 rings (SSSR count). The molecule has 3 heterocycles. The lowest BCUT2D eigenvalue weighted by atomic mass is 10.2. The normalized spacial score (nSPS) is 13.8. The fourth-order valence-electron chi connectivity index (χ4n) is 3.58. The van der Waals surface area contributed by atoms with Crippen molar-refractivity contribution in [3.63, 3.8) is 0 Å². The molecule has 8 nitrogen and oxygen atoms in total. The largest absolute Gasteiger partial charge is 0.497 e. The second-order valence-electron chi connectivity index (χ2n) is 7.23. The topological polar surface area (TPSA) is 93.4 Å². The van der Waals surface area contributed by atoms with Crippen molar-refractivity contribution in [2.45, 2.75) is 39.2 Å². The Kier molecular flexibility index (Phi) is 5.59. The molecule has 152 valence electrons. The van der Waals surface area contributed by atoms with Crippen LogP contribution in [0.2, 0.25) is 0 Å². The number of hydrogen-bond acceptors (Lipinski definition) is 7. The molecule has 1 fully saturated rings. The number of carbonyl (C=O) groups is 1. The molecular weight excluding hydrogens is 370 g/mol. The minimum atomic E-state index is -0.0482. The maximum absolute atomic E-state index is 12.3. The van der Waals surface area contributed by atoms with Crippen LogP contribution in [-0.4, -0.2) is 41.2 Å². The highest BCUT2D eigenvalue weighted by atomic mass is 16.5. The monoisotopic (exact) mass is 395 g/mol. The number of benzene rings is 1. The molecule has 0 radical (unpaired) electrons. The fourth-order valence-corrected chi connectivity index (χ4v) is 3.58. The average molecular weight is 395 g/mol. The molecule has 0 spiro atoms. The minimum Gasteiger partial charge on any atom is -0.497 e. The van der Waals surface area contributed by atoms with Gasteiger partial charge < -0.3 is 19.5 Å². The van der Waals surface area contributed by atoms with Crippen LogP contribution in [-0.2, 0) is 17.8 Å². The van der Waals surface area contributed by atoms with Gasteiger partial charge in [-0.05, 0) is 37.5 Å². The SMILES string of the molecule is COc1cccc(CNC(=O)CCc2nc(N3CCCC3)c3c(C)noc3n2)c1. The molecule has 1 aromatic carbocycles. The number of hydrogen-bond donors (Lipinski definition) is 1. The van der Waals surface area contributed by atoms with Crippen molar-refractivity contribution in [3.8, 4) is 5.75 Å². The summed E-state index contributed by atoms with van der Waals surface area (Å²) in [6, 6.07) is 7.64. The molecule has 0 aliphatic carbocycles. The summed E-state index contributed by atoms with van der Waals surface area (Å²) >= 11 is 0. The number of methoxy groups -OCH3 is 1. The van der Waals surface area contributed by atoms with Gasteiger partial charge >= 0.3 is 0 Å². The first-order valence-corrected chi connectivity index (χ1v) is 9.91. The van der Waals surface area contributed by atoms with E-state index in [0.29, 0.717) is 30.9 Å². The van der Waals surface area contributed by atoms with Crippen LogP contribution in [0.1, 0.15) is 36.3 Å². The zero-order valence-electron chi connectivity index (χ0n) is 16.8. The summed E-state index contributed by atoms with van der Waals surface area (Å²) in [4.78, 5) is 23.8. The maximum atomic E-state index is 12.3. The zero-order valence-corrected chi connectivity index (χ0v) is 16.8. The van der Waals surface area contributed by atoms with Crippen molar-refractivity contribution < 1.29 is 14.1 Å². The first kappa shape index (κ1) is 19.2. The van der Waals surface area contributed by atoms with Crippen molar-refractivity contribution >= 4 is 22.8 Å². The Labute approximate surface area is 169 Å². The predicted octanol–water partition coefficient (Wildman–Crippen LogP) is 2.78. The Morgan fingerprint density at radius 3 is 2.90 bits per heavy atom. The third kappa shape index (κ3) is 4.31. The Morgan fingerprint density at radius 1 is 1.28 bits per heavy atom. The second kappa shape index (κ2) is 8.46. The third-order valence-corrected chi connectivity index (χ3v) is 5.14. The highest BCUT2D eigenvalue weighted by Crippen LogP contribution is 2.29. The smallest absolute Gasteiger partial charge is 0.263 e. The molecule has 0 atom stereocenters. The zero-order chi connectivity index (χ0) is 20.2. The first-order chi connectivity index (χ1) is 14.1. The standard InChI is InChI=1S/C21H25N5O3/c1-14-19-20(26-10-3-4-11-26)23-17(24-21(19)29-25-14)8-9-18(27)22-13-15-6-5-7-16(12-15)28-2/h5-7,12H,3-4,8-11,13H2,1-2H3,(H,22,27). The highest BCUT2D eigenvalue weighted by Gasteiger charge is 2.22. The van der Waals surface area contributed by atoms with E-state index in [2.05, 4.69) is 20.4 Å². The molecule has 0 unspecified atom stereocenters. The summed E-state index contributed by atoms with van der Waals surface area (Å²) in [5.74, 6) is 2.20. The van der Waals surface area contributed by atoms with E-state index in [0.717, 1.165) is 54.1 Å². The predicted molar refractivity (Wildman–Crippen MR) is 109 cm³/mol. The van der Waals surface area contributed by atoms with Crippen molar-refractivity contribution in [2.24, 2.45) is 0 Å². The number of aromatic nitrogens is 3. The summed E-state index contributed by atoms with van der Waals surface area (Å²) in [5.41, 5.74) is 2.28. The molecule has 1 saturated heterocycles. The number of nitrogens with one attached hydrogen (secondary N) is 1. The van der Waals surface area contributed by atoms with Gasteiger partial charge in [0.15, 0.2) is 0 Å². The van der Waals surface area contributed by atoms with Crippen molar-refractivity contribution in [2.75, 3.05) is 25.1 Å².